The Morgan fingerprint density at radius 1 is 1.07 bits per heavy atom. The molecule has 0 fully saturated rings. The molecule has 162 valence electrons. The number of hydrogen-bond donors (Lipinski definition) is 0. The van der Waals surface area contributed by atoms with Crippen molar-refractivity contribution < 1.29 is 21.6 Å². The van der Waals surface area contributed by atoms with Crippen molar-refractivity contribution in [2.24, 2.45) is 0 Å². The molecular formula is C20H24F2N4O3S. The van der Waals surface area contributed by atoms with Gasteiger partial charge in [-0.05, 0) is 5.56 Å². The Hall–Kier alpha value is -2.75. The summed E-state index contributed by atoms with van der Waals surface area (Å²) >= 11 is 0. The lowest BCUT2D eigenvalue weighted by atomic mass is 9.81. The monoisotopic (exact) mass is 438 g/mol. The van der Waals surface area contributed by atoms with E-state index in [0.29, 0.717) is 11.4 Å². The second kappa shape index (κ2) is 9.84. The van der Waals surface area contributed by atoms with Crippen molar-refractivity contribution in [2.75, 3.05) is 12.0 Å². The molecule has 0 aliphatic rings. The van der Waals surface area contributed by atoms with Crippen molar-refractivity contribution in [3.63, 3.8) is 0 Å². The number of benzene rings is 1. The minimum Gasteiger partial charge on any atom is -0.415 e. The lowest BCUT2D eigenvalue weighted by Crippen LogP contribution is -2.34. The smallest absolute Gasteiger partial charge is 0.314 e. The van der Waals surface area contributed by atoms with E-state index in [9.17, 15) is 17.2 Å². The van der Waals surface area contributed by atoms with Gasteiger partial charge in [-0.15, -0.1) is 10.2 Å². The normalized spacial score (nSPS) is 13.4. The maximum atomic E-state index is 12.6. The van der Waals surface area contributed by atoms with Crippen molar-refractivity contribution in [1.82, 2.24) is 20.2 Å². The number of halogens is 2. The molecule has 0 spiro atoms. The maximum Gasteiger partial charge on any atom is 0.314 e. The fraction of sp³-hybridized carbons (Fsp3) is 0.400. The van der Waals surface area contributed by atoms with Gasteiger partial charge in [0.05, 0.1) is 11.3 Å². The van der Waals surface area contributed by atoms with Crippen molar-refractivity contribution in [1.29, 1.82) is 0 Å². The molecule has 0 N–H and O–H groups in total. The first-order chi connectivity index (χ1) is 14.2. The highest BCUT2D eigenvalue weighted by atomic mass is 32.2. The molecule has 1 aromatic carbocycles. The second-order valence-electron chi connectivity index (χ2n) is 6.81. The van der Waals surface area contributed by atoms with Crippen molar-refractivity contribution in [2.45, 2.75) is 39.0 Å². The van der Waals surface area contributed by atoms with E-state index in [2.05, 4.69) is 20.2 Å². The van der Waals surface area contributed by atoms with Gasteiger partial charge in [0, 0.05) is 30.5 Å². The van der Waals surface area contributed by atoms with Crippen LogP contribution in [0.25, 0.3) is 11.5 Å². The molecule has 2 aromatic heterocycles. The van der Waals surface area contributed by atoms with Crippen LogP contribution in [-0.4, -0.2) is 40.6 Å². The second-order valence-corrected chi connectivity index (χ2v) is 8.95. The Kier molecular flexibility index (Phi) is 7.71. The van der Waals surface area contributed by atoms with E-state index in [1.54, 1.807) is 0 Å². The summed E-state index contributed by atoms with van der Waals surface area (Å²) in [6, 6.07) is 9.27. The quantitative estimate of drug-likeness (QED) is 0.549. The van der Waals surface area contributed by atoms with E-state index in [-0.39, 0.29) is 18.1 Å². The molecule has 1 unspecified atom stereocenters. The molecule has 1 atom stereocenters. The van der Waals surface area contributed by atoms with Crippen molar-refractivity contribution >= 4 is 9.84 Å². The highest BCUT2D eigenvalue weighted by molar-refractivity contribution is 7.90. The third-order valence-corrected chi connectivity index (χ3v) is 5.34. The maximum absolute atomic E-state index is 12.6. The van der Waals surface area contributed by atoms with Crippen LogP contribution in [0.15, 0.2) is 47.1 Å². The zero-order valence-electron chi connectivity index (χ0n) is 17.2. The predicted molar refractivity (Wildman–Crippen MR) is 109 cm³/mol. The first-order valence-corrected chi connectivity index (χ1v) is 11.4. The molecule has 0 radical (unpaired) electrons. The van der Waals surface area contributed by atoms with Gasteiger partial charge >= 0.3 is 6.43 Å². The Balaban J connectivity index is 0.00000155. The van der Waals surface area contributed by atoms with Crippen LogP contribution in [0.4, 0.5) is 8.78 Å². The predicted octanol–water partition coefficient (Wildman–Crippen LogP) is 4.04. The summed E-state index contributed by atoms with van der Waals surface area (Å²) in [6.45, 7) is 5.84. The topological polar surface area (TPSA) is 98.8 Å². The van der Waals surface area contributed by atoms with Crippen LogP contribution in [0.1, 0.15) is 44.5 Å². The molecule has 0 bridgehead atoms. The van der Waals surface area contributed by atoms with Crippen LogP contribution in [0.2, 0.25) is 0 Å². The Morgan fingerprint density at radius 3 is 2.17 bits per heavy atom. The number of hydrogen-bond acceptors (Lipinski definition) is 7. The Labute approximate surface area is 174 Å². The van der Waals surface area contributed by atoms with Gasteiger partial charge in [-0.3, -0.25) is 0 Å². The number of rotatable bonds is 7. The van der Waals surface area contributed by atoms with E-state index in [1.807, 2.05) is 51.1 Å². The largest absolute Gasteiger partial charge is 0.415 e. The standard InChI is InChI=1S/C18H18F2N4O3S.C2H6/c1-18(11-28(2,25)26,13-6-4-3-5-7-13)8-14-21-9-12(10-22-14)16-23-24-17(27-16)15(19)20;1-2/h3-7,9-10,15H,8,11H2,1-2H3;1-2H3. The molecule has 0 aliphatic heterocycles. The van der Waals surface area contributed by atoms with Crippen LogP contribution in [0, 0.1) is 0 Å². The lowest BCUT2D eigenvalue weighted by Gasteiger charge is -2.28. The van der Waals surface area contributed by atoms with Gasteiger partial charge in [0.2, 0.25) is 0 Å². The number of alkyl halides is 2. The lowest BCUT2D eigenvalue weighted by molar-refractivity contribution is 0.116. The van der Waals surface area contributed by atoms with Gasteiger partial charge in [0.15, 0.2) is 0 Å². The third kappa shape index (κ3) is 6.12. The third-order valence-electron chi connectivity index (χ3n) is 4.18. The summed E-state index contributed by atoms with van der Waals surface area (Å²) in [7, 11) is -3.27. The molecule has 0 amide bonds. The molecule has 2 heterocycles. The molecule has 7 nitrogen and oxygen atoms in total. The van der Waals surface area contributed by atoms with Crippen molar-refractivity contribution in [3.05, 3.63) is 60.0 Å². The summed E-state index contributed by atoms with van der Waals surface area (Å²) in [5.41, 5.74) is 0.420. The summed E-state index contributed by atoms with van der Waals surface area (Å²) in [5, 5.41) is 6.82. The van der Waals surface area contributed by atoms with Crippen LogP contribution < -0.4 is 0 Å². The van der Waals surface area contributed by atoms with Crippen LogP contribution in [0.5, 0.6) is 0 Å². The summed E-state index contributed by atoms with van der Waals surface area (Å²) in [6.07, 6.45) is 1.38. The van der Waals surface area contributed by atoms with E-state index in [1.165, 1.54) is 18.6 Å². The molecule has 30 heavy (non-hydrogen) atoms. The first-order valence-electron chi connectivity index (χ1n) is 9.32. The van der Waals surface area contributed by atoms with Gasteiger partial charge < -0.3 is 4.42 Å². The van der Waals surface area contributed by atoms with Gasteiger partial charge in [-0.1, -0.05) is 51.1 Å². The van der Waals surface area contributed by atoms with Crippen molar-refractivity contribution in [3.8, 4) is 11.5 Å². The van der Waals surface area contributed by atoms with Gasteiger partial charge in [-0.2, -0.15) is 8.78 Å². The highest BCUT2D eigenvalue weighted by Crippen LogP contribution is 2.29. The molecule has 0 saturated carbocycles. The van der Waals surface area contributed by atoms with E-state index < -0.39 is 27.6 Å². The van der Waals surface area contributed by atoms with Gasteiger partial charge in [-0.25, -0.2) is 18.4 Å². The molecule has 0 saturated heterocycles. The number of nitrogens with zero attached hydrogens (tertiary/aromatic N) is 4. The van der Waals surface area contributed by atoms with Crippen LogP contribution in [0.3, 0.4) is 0 Å². The molecule has 3 rings (SSSR count). The minimum atomic E-state index is -3.27. The molecular weight excluding hydrogens is 414 g/mol. The first kappa shape index (κ1) is 23.5. The fourth-order valence-corrected chi connectivity index (χ4v) is 4.43. The molecule has 0 aliphatic carbocycles. The zero-order valence-corrected chi connectivity index (χ0v) is 18.0. The zero-order chi connectivity index (χ0) is 22.4. The Morgan fingerprint density at radius 2 is 1.67 bits per heavy atom. The summed E-state index contributed by atoms with van der Waals surface area (Å²) in [4.78, 5) is 8.46. The summed E-state index contributed by atoms with van der Waals surface area (Å²) < 4.78 is 54.0. The SMILES string of the molecule is CC.CC(Cc1ncc(-c2nnc(C(F)F)o2)cn1)(CS(C)(=O)=O)c1ccccc1. The highest BCUT2D eigenvalue weighted by Gasteiger charge is 2.32. The van der Waals surface area contributed by atoms with E-state index in [4.69, 9.17) is 4.42 Å². The van der Waals surface area contributed by atoms with E-state index >= 15 is 0 Å². The average Bonchev–Trinajstić information content (AvgIpc) is 3.20. The summed E-state index contributed by atoms with van der Waals surface area (Å²) in [5.74, 6) is -0.545. The Bertz CT molecular complexity index is 1040. The average molecular weight is 439 g/mol. The molecule has 10 heteroatoms. The van der Waals surface area contributed by atoms with Gasteiger partial charge in [0.25, 0.3) is 11.8 Å². The minimum absolute atomic E-state index is 0.0729. The fourth-order valence-electron chi connectivity index (χ4n) is 3.00. The number of sulfone groups is 1. The van der Waals surface area contributed by atoms with Crippen LogP contribution in [-0.2, 0) is 21.7 Å². The van der Waals surface area contributed by atoms with E-state index in [0.717, 1.165) is 5.56 Å². The molecule has 3 aromatic rings. The van der Waals surface area contributed by atoms with Gasteiger partial charge in [0.1, 0.15) is 15.7 Å². The number of aromatic nitrogens is 4. The van der Waals surface area contributed by atoms with Crippen LogP contribution >= 0.6 is 0 Å².